The summed E-state index contributed by atoms with van der Waals surface area (Å²) in [4.78, 5) is 14.9. The monoisotopic (exact) mass is 201 g/mol. The Kier molecular flexibility index (Phi) is 2.49. The van der Waals surface area contributed by atoms with Crippen molar-refractivity contribution in [3.05, 3.63) is 36.5 Å². The fourth-order valence-electron chi connectivity index (χ4n) is 1.43. The number of anilines is 1. The number of benzene rings is 1. The number of carbonyl (C=O) groups is 1. The van der Waals surface area contributed by atoms with Crippen molar-refractivity contribution < 1.29 is 4.79 Å². The average Bonchev–Trinajstić information content (AvgIpc) is 2.26. The summed E-state index contributed by atoms with van der Waals surface area (Å²) in [7, 11) is 0. The highest BCUT2D eigenvalue weighted by molar-refractivity contribution is 5.91. The smallest absolute Gasteiger partial charge is 0.236 e. The van der Waals surface area contributed by atoms with Crippen molar-refractivity contribution in [3.8, 4) is 0 Å². The van der Waals surface area contributed by atoms with Gasteiger partial charge >= 0.3 is 0 Å². The molecule has 0 bridgehead atoms. The van der Waals surface area contributed by atoms with E-state index in [9.17, 15) is 4.79 Å². The highest BCUT2D eigenvalue weighted by Crippen LogP contribution is 2.19. The summed E-state index contributed by atoms with van der Waals surface area (Å²) in [5, 5.41) is 3.98. The van der Waals surface area contributed by atoms with Gasteiger partial charge in [0.2, 0.25) is 5.91 Å². The van der Waals surface area contributed by atoms with Gasteiger partial charge in [0.05, 0.1) is 17.7 Å². The standard InChI is InChI=1S/C11H11N3O/c12-10(15)7-14-9-5-1-3-8-4-2-6-13-11(8)9/h1-6,14H,7H2,(H2,12,15). The van der Waals surface area contributed by atoms with Gasteiger partial charge in [-0.25, -0.2) is 0 Å². The minimum Gasteiger partial charge on any atom is -0.374 e. The number of hydrogen-bond acceptors (Lipinski definition) is 3. The van der Waals surface area contributed by atoms with Crippen molar-refractivity contribution in [1.82, 2.24) is 4.98 Å². The number of hydrogen-bond donors (Lipinski definition) is 2. The van der Waals surface area contributed by atoms with Crippen LogP contribution in [-0.2, 0) is 4.79 Å². The molecule has 1 aromatic carbocycles. The molecule has 0 aliphatic rings. The number of aromatic nitrogens is 1. The summed E-state index contributed by atoms with van der Waals surface area (Å²) in [5.74, 6) is -0.386. The number of carbonyl (C=O) groups excluding carboxylic acids is 1. The lowest BCUT2D eigenvalue weighted by atomic mass is 10.2. The zero-order valence-corrected chi connectivity index (χ0v) is 8.10. The van der Waals surface area contributed by atoms with E-state index in [2.05, 4.69) is 10.3 Å². The third kappa shape index (κ3) is 2.04. The van der Waals surface area contributed by atoms with Crippen LogP contribution in [0.4, 0.5) is 5.69 Å². The minimum absolute atomic E-state index is 0.121. The van der Waals surface area contributed by atoms with Crippen LogP contribution >= 0.6 is 0 Å². The van der Waals surface area contributed by atoms with Crippen LogP contribution in [-0.4, -0.2) is 17.4 Å². The van der Waals surface area contributed by atoms with E-state index in [1.54, 1.807) is 6.20 Å². The van der Waals surface area contributed by atoms with E-state index in [1.807, 2.05) is 30.3 Å². The number of amides is 1. The maximum Gasteiger partial charge on any atom is 0.236 e. The molecule has 4 nitrogen and oxygen atoms in total. The highest BCUT2D eigenvalue weighted by Gasteiger charge is 2.01. The van der Waals surface area contributed by atoms with Gasteiger partial charge in [0.1, 0.15) is 0 Å². The number of nitrogens with one attached hydrogen (secondary N) is 1. The van der Waals surface area contributed by atoms with Gasteiger partial charge in [0, 0.05) is 11.6 Å². The summed E-state index contributed by atoms with van der Waals surface area (Å²) in [5.41, 5.74) is 6.74. The molecule has 1 aromatic heterocycles. The molecule has 0 saturated heterocycles. The van der Waals surface area contributed by atoms with Crippen molar-refractivity contribution in [2.45, 2.75) is 0 Å². The number of primary amides is 1. The van der Waals surface area contributed by atoms with Crippen LogP contribution < -0.4 is 11.1 Å². The first-order valence-electron chi connectivity index (χ1n) is 4.63. The number of rotatable bonds is 3. The van der Waals surface area contributed by atoms with E-state index in [1.165, 1.54) is 0 Å². The zero-order valence-electron chi connectivity index (χ0n) is 8.10. The molecule has 1 heterocycles. The van der Waals surface area contributed by atoms with E-state index < -0.39 is 0 Å². The molecule has 0 fully saturated rings. The summed E-state index contributed by atoms with van der Waals surface area (Å²) in [6.45, 7) is 0.121. The quantitative estimate of drug-likeness (QED) is 0.782. The van der Waals surface area contributed by atoms with Gasteiger partial charge in [0.25, 0.3) is 0 Å². The number of nitrogens with zero attached hydrogens (tertiary/aromatic N) is 1. The van der Waals surface area contributed by atoms with Gasteiger partial charge in [-0.2, -0.15) is 0 Å². The van der Waals surface area contributed by atoms with Crippen molar-refractivity contribution in [2.75, 3.05) is 11.9 Å². The highest BCUT2D eigenvalue weighted by atomic mass is 16.1. The van der Waals surface area contributed by atoms with Crippen LogP contribution in [0.3, 0.4) is 0 Å². The molecule has 0 saturated carbocycles. The first kappa shape index (κ1) is 9.45. The van der Waals surface area contributed by atoms with Crippen molar-refractivity contribution >= 4 is 22.5 Å². The van der Waals surface area contributed by atoms with Crippen molar-refractivity contribution in [3.63, 3.8) is 0 Å². The number of para-hydroxylation sites is 1. The van der Waals surface area contributed by atoms with Crippen LogP contribution in [0.25, 0.3) is 10.9 Å². The molecule has 4 heteroatoms. The van der Waals surface area contributed by atoms with Crippen LogP contribution in [0.2, 0.25) is 0 Å². The summed E-state index contributed by atoms with van der Waals surface area (Å²) >= 11 is 0. The molecule has 0 spiro atoms. The van der Waals surface area contributed by atoms with Crippen LogP contribution in [0.1, 0.15) is 0 Å². The largest absolute Gasteiger partial charge is 0.374 e. The van der Waals surface area contributed by atoms with Gasteiger partial charge in [-0.15, -0.1) is 0 Å². The molecule has 2 aromatic rings. The van der Waals surface area contributed by atoms with Gasteiger partial charge in [-0.3, -0.25) is 9.78 Å². The number of fused-ring (bicyclic) bond motifs is 1. The molecule has 15 heavy (non-hydrogen) atoms. The van der Waals surface area contributed by atoms with Gasteiger partial charge in [-0.05, 0) is 12.1 Å². The lowest BCUT2D eigenvalue weighted by molar-refractivity contribution is -0.116. The second kappa shape index (κ2) is 3.96. The predicted octanol–water partition coefficient (Wildman–Crippen LogP) is 1.13. The van der Waals surface area contributed by atoms with Gasteiger partial charge in [0.15, 0.2) is 0 Å². The van der Waals surface area contributed by atoms with Crippen LogP contribution in [0.15, 0.2) is 36.5 Å². The Hall–Kier alpha value is -2.10. The summed E-state index contributed by atoms with van der Waals surface area (Å²) in [6, 6.07) is 9.60. The molecular weight excluding hydrogens is 190 g/mol. The van der Waals surface area contributed by atoms with E-state index in [0.29, 0.717) is 0 Å². The zero-order chi connectivity index (χ0) is 10.7. The van der Waals surface area contributed by atoms with Crippen LogP contribution in [0, 0.1) is 0 Å². The Bertz CT molecular complexity index is 491. The molecule has 0 radical (unpaired) electrons. The van der Waals surface area contributed by atoms with Crippen molar-refractivity contribution in [1.29, 1.82) is 0 Å². The molecular formula is C11H11N3O. The summed E-state index contributed by atoms with van der Waals surface area (Å²) < 4.78 is 0. The van der Waals surface area contributed by atoms with Crippen molar-refractivity contribution in [2.24, 2.45) is 5.73 Å². The SMILES string of the molecule is NC(=O)CNc1cccc2cccnc12. The molecule has 2 rings (SSSR count). The van der Waals surface area contributed by atoms with E-state index in [-0.39, 0.29) is 12.5 Å². The Balaban J connectivity index is 2.38. The molecule has 1 amide bonds. The van der Waals surface area contributed by atoms with E-state index in [0.717, 1.165) is 16.6 Å². The molecule has 0 aliphatic heterocycles. The fraction of sp³-hybridized carbons (Fsp3) is 0.0909. The Labute approximate surface area is 87.1 Å². The molecule has 3 N–H and O–H groups in total. The maximum atomic E-state index is 10.6. The van der Waals surface area contributed by atoms with Gasteiger partial charge in [-0.1, -0.05) is 18.2 Å². The third-order valence-corrected chi connectivity index (χ3v) is 2.09. The topological polar surface area (TPSA) is 68.0 Å². The lowest BCUT2D eigenvalue weighted by Crippen LogP contribution is -2.21. The molecule has 0 aliphatic carbocycles. The lowest BCUT2D eigenvalue weighted by Gasteiger charge is -2.06. The predicted molar refractivity (Wildman–Crippen MR) is 59.4 cm³/mol. The fourth-order valence-corrected chi connectivity index (χ4v) is 1.43. The Morgan fingerprint density at radius 1 is 1.33 bits per heavy atom. The first-order chi connectivity index (χ1) is 7.27. The molecule has 0 atom stereocenters. The minimum atomic E-state index is -0.386. The molecule has 76 valence electrons. The first-order valence-corrected chi connectivity index (χ1v) is 4.63. The Morgan fingerprint density at radius 3 is 2.93 bits per heavy atom. The Morgan fingerprint density at radius 2 is 2.13 bits per heavy atom. The maximum absolute atomic E-state index is 10.6. The second-order valence-electron chi connectivity index (χ2n) is 3.20. The third-order valence-electron chi connectivity index (χ3n) is 2.09. The van der Waals surface area contributed by atoms with E-state index >= 15 is 0 Å². The second-order valence-corrected chi connectivity index (χ2v) is 3.20. The van der Waals surface area contributed by atoms with Gasteiger partial charge < -0.3 is 11.1 Å². The number of pyridine rings is 1. The molecule has 0 unspecified atom stereocenters. The average molecular weight is 201 g/mol. The summed E-state index contributed by atoms with van der Waals surface area (Å²) in [6.07, 6.45) is 1.72. The van der Waals surface area contributed by atoms with Crippen LogP contribution in [0.5, 0.6) is 0 Å². The number of nitrogens with two attached hydrogens (primary N) is 1. The normalized spacial score (nSPS) is 10.1. The van der Waals surface area contributed by atoms with E-state index in [4.69, 9.17) is 5.73 Å².